The second-order valence-electron chi connectivity index (χ2n) is 5.83. The lowest BCUT2D eigenvalue weighted by Crippen LogP contribution is -1.86. The van der Waals surface area contributed by atoms with Crippen LogP contribution >= 0.6 is 10.7 Å². The summed E-state index contributed by atoms with van der Waals surface area (Å²) in [6, 6.07) is 10.9. The van der Waals surface area contributed by atoms with E-state index in [9.17, 15) is 0 Å². The first-order valence-corrected chi connectivity index (χ1v) is 10.9. The summed E-state index contributed by atoms with van der Waals surface area (Å²) in [6.07, 6.45) is 15.5. The quantitative estimate of drug-likeness (QED) is 0.290. The highest BCUT2D eigenvalue weighted by Gasteiger charge is 1.94. The van der Waals surface area contributed by atoms with Gasteiger partial charge in [-0.3, -0.25) is 4.55 Å². The second-order valence-corrected chi connectivity index (χ2v) is 7.82. The Bertz CT molecular complexity index is 452. The molecule has 23 heavy (non-hydrogen) atoms. The molecule has 0 heterocycles. The molecule has 1 aromatic carbocycles. The highest BCUT2D eigenvalue weighted by Crippen LogP contribution is 2.12. The third kappa shape index (κ3) is 21.4. The molecule has 0 aliphatic heterocycles. The molecular weight excluding hydrogens is 332 g/mol. The van der Waals surface area contributed by atoms with Crippen LogP contribution in [0.1, 0.15) is 76.7 Å². The molecule has 134 valence electrons. The lowest BCUT2D eigenvalue weighted by molar-refractivity contribution is 0.501. The second kappa shape index (κ2) is 15.0. The van der Waals surface area contributed by atoms with Crippen molar-refractivity contribution in [2.75, 3.05) is 0 Å². The van der Waals surface area contributed by atoms with Crippen molar-refractivity contribution < 1.29 is 13.0 Å². The molecule has 0 atom stereocenters. The Morgan fingerprint density at radius 1 is 0.826 bits per heavy atom. The molecule has 0 amide bonds. The van der Waals surface area contributed by atoms with Crippen LogP contribution in [0.3, 0.4) is 0 Å². The third-order valence-corrected chi connectivity index (χ3v) is 3.66. The Kier molecular flexibility index (Phi) is 14.6. The highest BCUT2D eigenvalue weighted by atomic mass is 35.7. The van der Waals surface area contributed by atoms with Gasteiger partial charge in [-0.1, -0.05) is 95.0 Å². The Labute approximate surface area is 146 Å². The molecule has 5 heteroatoms. The molecule has 0 fully saturated rings. The summed E-state index contributed by atoms with van der Waals surface area (Å²) >= 11 is 0. The molecule has 1 rings (SSSR count). The van der Waals surface area contributed by atoms with Crippen molar-refractivity contribution in [2.24, 2.45) is 0 Å². The van der Waals surface area contributed by atoms with Crippen molar-refractivity contribution in [3.05, 3.63) is 35.9 Å². The van der Waals surface area contributed by atoms with Gasteiger partial charge in [-0.05, 0) is 18.4 Å². The highest BCUT2D eigenvalue weighted by molar-refractivity contribution is 8.09. The van der Waals surface area contributed by atoms with Crippen molar-refractivity contribution in [1.29, 1.82) is 0 Å². The molecule has 0 aliphatic rings. The summed E-state index contributed by atoms with van der Waals surface area (Å²) in [5.74, 6) is 0. The van der Waals surface area contributed by atoms with E-state index < -0.39 is 9.33 Å². The van der Waals surface area contributed by atoms with Gasteiger partial charge in [-0.25, -0.2) is 0 Å². The van der Waals surface area contributed by atoms with Crippen molar-refractivity contribution >= 4 is 20.0 Å². The first-order chi connectivity index (χ1) is 10.9. The first-order valence-electron chi connectivity index (χ1n) is 8.64. The molecule has 3 nitrogen and oxygen atoms in total. The summed E-state index contributed by atoms with van der Waals surface area (Å²) in [5, 5.41) is 0. The molecule has 0 aromatic heterocycles. The lowest BCUT2D eigenvalue weighted by Gasteiger charge is -2.03. The van der Waals surface area contributed by atoms with Crippen LogP contribution in [0.2, 0.25) is 0 Å². The van der Waals surface area contributed by atoms with Crippen LogP contribution < -0.4 is 0 Å². The van der Waals surface area contributed by atoms with E-state index in [0.29, 0.717) is 0 Å². The fourth-order valence-electron chi connectivity index (χ4n) is 2.46. The average molecular weight is 363 g/mol. The largest absolute Gasteiger partial charge is 0.353 e. The molecule has 0 aliphatic carbocycles. The summed E-state index contributed by atoms with van der Waals surface area (Å²) in [7, 11) is -0.137. The SMILES string of the molecule is CCCCCCCCCCCCc1ccccc1.O=S(=O)(O)Cl. The molecular formula is C18H31ClO3S. The van der Waals surface area contributed by atoms with Crippen LogP contribution in [0.5, 0.6) is 0 Å². The predicted octanol–water partition coefficient (Wildman–Crippen LogP) is 6.18. The third-order valence-electron chi connectivity index (χ3n) is 3.66. The molecule has 1 N–H and O–H groups in total. The summed E-state index contributed by atoms with van der Waals surface area (Å²) < 4.78 is 25.2. The minimum absolute atomic E-state index is 1.26. The number of hydrogen-bond donors (Lipinski definition) is 1. The zero-order valence-corrected chi connectivity index (χ0v) is 15.8. The van der Waals surface area contributed by atoms with E-state index in [1.807, 2.05) is 0 Å². The maximum absolute atomic E-state index is 8.95. The van der Waals surface area contributed by atoms with Gasteiger partial charge in [-0.15, -0.1) is 0 Å². The average Bonchev–Trinajstić information content (AvgIpc) is 2.48. The van der Waals surface area contributed by atoms with Crippen LogP contribution in [-0.2, 0) is 15.8 Å². The van der Waals surface area contributed by atoms with Crippen LogP contribution in [0.15, 0.2) is 30.3 Å². The number of rotatable bonds is 11. The monoisotopic (exact) mass is 362 g/mol. The number of hydrogen-bond acceptors (Lipinski definition) is 2. The topological polar surface area (TPSA) is 54.4 Å². The van der Waals surface area contributed by atoms with E-state index in [2.05, 4.69) is 47.9 Å². The van der Waals surface area contributed by atoms with Crippen molar-refractivity contribution in [2.45, 2.75) is 77.6 Å². The Morgan fingerprint density at radius 2 is 1.22 bits per heavy atom. The van der Waals surface area contributed by atoms with Crippen LogP contribution in [0, 0.1) is 0 Å². The maximum atomic E-state index is 8.95. The minimum atomic E-state index is -4.19. The molecule has 0 spiro atoms. The van der Waals surface area contributed by atoms with Gasteiger partial charge in [0.2, 0.25) is 0 Å². The predicted molar refractivity (Wildman–Crippen MR) is 99.4 cm³/mol. The van der Waals surface area contributed by atoms with E-state index in [4.69, 9.17) is 13.0 Å². The van der Waals surface area contributed by atoms with E-state index in [1.54, 1.807) is 0 Å². The van der Waals surface area contributed by atoms with Gasteiger partial charge in [0.25, 0.3) is 0 Å². The molecule has 0 unspecified atom stereocenters. The first kappa shape index (κ1) is 22.4. The van der Waals surface area contributed by atoms with Gasteiger partial charge in [0.1, 0.15) is 0 Å². The van der Waals surface area contributed by atoms with Gasteiger partial charge in [0.05, 0.1) is 0 Å². The van der Waals surface area contributed by atoms with Crippen LogP contribution in [0.4, 0.5) is 0 Å². The normalized spacial score (nSPS) is 10.9. The molecule has 0 radical (unpaired) electrons. The van der Waals surface area contributed by atoms with E-state index in [0.717, 1.165) is 0 Å². The minimum Gasteiger partial charge on any atom is -0.273 e. The summed E-state index contributed by atoms with van der Waals surface area (Å²) in [4.78, 5) is 0. The Hall–Kier alpha value is -0.580. The molecule has 0 saturated carbocycles. The zero-order chi connectivity index (χ0) is 17.4. The number of halogens is 1. The zero-order valence-electron chi connectivity index (χ0n) is 14.2. The van der Waals surface area contributed by atoms with E-state index in [-0.39, 0.29) is 0 Å². The van der Waals surface area contributed by atoms with Crippen LogP contribution in [0.25, 0.3) is 0 Å². The molecule has 0 saturated heterocycles. The van der Waals surface area contributed by atoms with Gasteiger partial charge >= 0.3 is 9.33 Å². The van der Waals surface area contributed by atoms with Gasteiger partial charge < -0.3 is 0 Å². The molecule has 0 bridgehead atoms. The number of unbranched alkanes of at least 4 members (excludes halogenated alkanes) is 9. The summed E-state index contributed by atoms with van der Waals surface area (Å²) in [5.41, 5.74) is 1.50. The fraction of sp³-hybridized carbons (Fsp3) is 0.667. The lowest BCUT2D eigenvalue weighted by atomic mass is 10.0. The standard InChI is InChI=1S/C18H30.ClHO3S/c1-2-3-4-5-6-7-8-9-10-12-15-18-16-13-11-14-17-18;1-5(2,3)4/h11,13-14,16-17H,2-10,12,15H2,1H3;(H,2,3,4). The van der Waals surface area contributed by atoms with Gasteiger partial charge in [0, 0.05) is 10.7 Å². The molecule has 1 aromatic rings. The van der Waals surface area contributed by atoms with Crippen molar-refractivity contribution in [1.82, 2.24) is 0 Å². The van der Waals surface area contributed by atoms with Gasteiger partial charge in [-0.2, -0.15) is 8.42 Å². The number of aryl methyl sites for hydroxylation is 1. The smallest absolute Gasteiger partial charge is 0.273 e. The van der Waals surface area contributed by atoms with Crippen molar-refractivity contribution in [3.63, 3.8) is 0 Å². The van der Waals surface area contributed by atoms with E-state index in [1.165, 1.54) is 76.2 Å². The maximum Gasteiger partial charge on any atom is 0.353 e. The Balaban J connectivity index is 0.000000841. The fourth-order valence-corrected chi connectivity index (χ4v) is 2.46. The number of benzene rings is 1. The van der Waals surface area contributed by atoms with Crippen molar-refractivity contribution in [3.8, 4) is 0 Å². The van der Waals surface area contributed by atoms with E-state index >= 15 is 0 Å². The van der Waals surface area contributed by atoms with Gasteiger partial charge in [0.15, 0.2) is 0 Å². The summed E-state index contributed by atoms with van der Waals surface area (Å²) in [6.45, 7) is 2.28. The van der Waals surface area contributed by atoms with Crippen LogP contribution in [-0.4, -0.2) is 13.0 Å². The Morgan fingerprint density at radius 3 is 1.65 bits per heavy atom.